The molecule has 4 heterocycles. The maximum absolute atomic E-state index is 16.1. The molecule has 1 aliphatic carbocycles. The topological polar surface area (TPSA) is 91.1 Å². The molecule has 1 aliphatic rings. The molecule has 0 aliphatic heterocycles. The van der Waals surface area contributed by atoms with Gasteiger partial charge in [0.2, 0.25) is 0 Å². The van der Waals surface area contributed by atoms with Crippen LogP contribution in [0.1, 0.15) is 82.0 Å². The van der Waals surface area contributed by atoms with Crippen molar-refractivity contribution < 1.29 is 9.50 Å². The Balaban J connectivity index is 1.49. The third-order valence-corrected chi connectivity index (χ3v) is 7.21. The van der Waals surface area contributed by atoms with Gasteiger partial charge in [-0.2, -0.15) is 5.10 Å². The van der Waals surface area contributed by atoms with Crippen molar-refractivity contribution in [2.24, 2.45) is 0 Å². The molecule has 3 N–H and O–H groups in total. The Morgan fingerprint density at radius 1 is 1.23 bits per heavy atom. The van der Waals surface area contributed by atoms with Crippen LogP contribution >= 0.6 is 0 Å². The number of fused-ring (bicyclic) bond motifs is 2. The lowest BCUT2D eigenvalue weighted by Gasteiger charge is -2.31. The molecular weight excluding hydrogens is 443 g/mol. The smallest absolute Gasteiger partial charge is 0.158 e. The van der Waals surface area contributed by atoms with Crippen molar-refractivity contribution in [2.75, 3.05) is 6.54 Å². The van der Waals surface area contributed by atoms with Gasteiger partial charge >= 0.3 is 0 Å². The third kappa shape index (κ3) is 4.57. The fourth-order valence-corrected chi connectivity index (χ4v) is 5.47. The summed E-state index contributed by atoms with van der Waals surface area (Å²) < 4.78 is 17.9. The van der Waals surface area contributed by atoms with Crippen molar-refractivity contribution in [3.63, 3.8) is 0 Å². The number of aryl methyl sites for hydroxylation is 1. The van der Waals surface area contributed by atoms with Crippen molar-refractivity contribution in [3.8, 4) is 11.3 Å². The highest BCUT2D eigenvalue weighted by molar-refractivity contribution is 5.92. The van der Waals surface area contributed by atoms with Gasteiger partial charge in [-0.25, -0.2) is 13.9 Å². The van der Waals surface area contributed by atoms with Crippen LogP contribution in [0.2, 0.25) is 0 Å². The number of aromatic amines is 1. The molecule has 4 aromatic rings. The summed E-state index contributed by atoms with van der Waals surface area (Å²) in [5, 5.41) is 18.4. The largest absolute Gasteiger partial charge is 0.389 e. The van der Waals surface area contributed by atoms with Crippen LogP contribution in [0.5, 0.6) is 0 Å². The molecule has 0 atom stereocenters. The molecule has 0 bridgehead atoms. The van der Waals surface area contributed by atoms with Gasteiger partial charge in [-0.1, -0.05) is 13.8 Å². The maximum atomic E-state index is 16.1. The molecule has 0 aromatic carbocycles. The summed E-state index contributed by atoms with van der Waals surface area (Å²) in [6, 6.07) is 2.43. The maximum Gasteiger partial charge on any atom is 0.158 e. The quantitative estimate of drug-likeness (QED) is 0.353. The van der Waals surface area contributed by atoms with Gasteiger partial charge < -0.3 is 15.4 Å². The fraction of sp³-hybridized carbons (Fsp3) is 0.519. The summed E-state index contributed by atoms with van der Waals surface area (Å²) in [4.78, 5) is 12.4. The summed E-state index contributed by atoms with van der Waals surface area (Å²) in [6.07, 6.45) is 8.96. The average Bonchev–Trinajstić information content (AvgIpc) is 3.43. The van der Waals surface area contributed by atoms with Gasteiger partial charge in [-0.05, 0) is 69.6 Å². The number of hydrogen-bond donors (Lipinski definition) is 3. The van der Waals surface area contributed by atoms with Gasteiger partial charge in [0.05, 0.1) is 28.7 Å². The number of halogens is 1. The molecular formula is C27H35FN6O. The summed E-state index contributed by atoms with van der Waals surface area (Å²) in [7, 11) is 0. The van der Waals surface area contributed by atoms with E-state index in [1.165, 1.54) is 0 Å². The monoisotopic (exact) mass is 478 g/mol. The highest BCUT2D eigenvalue weighted by Crippen LogP contribution is 2.40. The first-order chi connectivity index (χ1) is 16.6. The fourth-order valence-electron chi connectivity index (χ4n) is 5.47. The Bertz CT molecular complexity index is 1360. The first-order valence-electron chi connectivity index (χ1n) is 12.6. The SMILES string of the molecule is Cc1cc(-c2[nH]c3cnc(C4CCC(NCC(C)(C)O)CC4)c(F)c3c2C(C)C)cn2ncnc12. The average molecular weight is 479 g/mol. The third-order valence-electron chi connectivity index (χ3n) is 7.21. The summed E-state index contributed by atoms with van der Waals surface area (Å²) in [5.41, 5.74) is 5.25. The zero-order valence-corrected chi connectivity index (χ0v) is 21.2. The molecule has 186 valence electrons. The van der Waals surface area contributed by atoms with Crippen LogP contribution in [0.3, 0.4) is 0 Å². The number of rotatable bonds is 6. The van der Waals surface area contributed by atoms with Crippen LogP contribution in [0, 0.1) is 12.7 Å². The van der Waals surface area contributed by atoms with Crippen molar-refractivity contribution in [2.45, 2.75) is 83.8 Å². The summed E-state index contributed by atoms with van der Waals surface area (Å²) >= 11 is 0. The lowest BCUT2D eigenvalue weighted by molar-refractivity contribution is 0.0742. The highest BCUT2D eigenvalue weighted by atomic mass is 19.1. The Morgan fingerprint density at radius 3 is 2.66 bits per heavy atom. The highest BCUT2D eigenvalue weighted by Gasteiger charge is 2.29. The number of hydrogen-bond acceptors (Lipinski definition) is 5. The predicted molar refractivity (Wildman–Crippen MR) is 136 cm³/mol. The first-order valence-corrected chi connectivity index (χ1v) is 12.6. The second-order valence-corrected chi connectivity index (χ2v) is 11.0. The van der Waals surface area contributed by atoms with Crippen LogP contribution in [0.15, 0.2) is 24.8 Å². The Kier molecular flexibility index (Phi) is 6.13. The Hall–Kier alpha value is -2.84. The van der Waals surface area contributed by atoms with Gasteiger partial charge in [-0.3, -0.25) is 4.98 Å². The Labute approximate surface area is 205 Å². The van der Waals surface area contributed by atoms with Crippen LogP contribution in [0.4, 0.5) is 4.39 Å². The molecule has 5 rings (SSSR count). The van der Waals surface area contributed by atoms with E-state index in [4.69, 9.17) is 0 Å². The van der Waals surface area contributed by atoms with E-state index in [0.29, 0.717) is 23.7 Å². The van der Waals surface area contributed by atoms with E-state index in [1.807, 2.05) is 27.0 Å². The predicted octanol–water partition coefficient (Wildman–Crippen LogP) is 5.23. The minimum atomic E-state index is -0.730. The van der Waals surface area contributed by atoms with Crippen LogP contribution < -0.4 is 5.32 Å². The van der Waals surface area contributed by atoms with Crippen molar-refractivity contribution in [1.29, 1.82) is 0 Å². The lowest BCUT2D eigenvalue weighted by Crippen LogP contribution is -2.42. The van der Waals surface area contributed by atoms with E-state index in [0.717, 1.165) is 59.2 Å². The Morgan fingerprint density at radius 2 is 1.97 bits per heavy atom. The molecule has 0 saturated heterocycles. The van der Waals surface area contributed by atoms with Gasteiger partial charge in [0.1, 0.15) is 6.33 Å². The number of nitrogens with one attached hydrogen (secondary N) is 2. The second kappa shape index (κ2) is 8.99. The molecule has 8 heteroatoms. The molecule has 1 saturated carbocycles. The number of pyridine rings is 2. The van der Waals surface area contributed by atoms with Gasteiger partial charge in [0.25, 0.3) is 0 Å². The minimum absolute atomic E-state index is 0.103. The van der Waals surface area contributed by atoms with Crippen molar-refractivity contribution >= 4 is 16.6 Å². The second-order valence-electron chi connectivity index (χ2n) is 11.0. The van der Waals surface area contributed by atoms with Gasteiger partial charge in [-0.15, -0.1) is 0 Å². The molecule has 7 nitrogen and oxygen atoms in total. The summed E-state index contributed by atoms with van der Waals surface area (Å²) in [6.45, 7) is 10.4. The zero-order chi connectivity index (χ0) is 24.9. The van der Waals surface area contributed by atoms with E-state index in [2.05, 4.69) is 45.3 Å². The van der Waals surface area contributed by atoms with E-state index in [9.17, 15) is 5.11 Å². The van der Waals surface area contributed by atoms with Gasteiger partial charge in [0.15, 0.2) is 11.5 Å². The van der Waals surface area contributed by atoms with Crippen molar-refractivity contribution in [1.82, 2.24) is 29.9 Å². The number of H-pyrrole nitrogens is 1. The molecule has 0 radical (unpaired) electrons. The number of nitrogens with zero attached hydrogens (tertiary/aromatic N) is 4. The van der Waals surface area contributed by atoms with E-state index < -0.39 is 5.60 Å². The molecule has 1 fully saturated rings. The van der Waals surface area contributed by atoms with Crippen LogP contribution in [-0.4, -0.2) is 47.9 Å². The van der Waals surface area contributed by atoms with Crippen molar-refractivity contribution in [3.05, 3.63) is 47.4 Å². The number of aliphatic hydroxyl groups is 1. The summed E-state index contributed by atoms with van der Waals surface area (Å²) in [5.74, 6) is 0.0314. The number of aromatic nitrogens is 5. The van der Waals surface area contributed by atoms with Gasteiger partial charge in [0, 0.05) is 35.7 Å². The van der Waals surface area contributed by atoms with E-state index in [-0.39, 0.29) is 17.7 Å². The van der Waals surface area contributed by atoms with E-state index in [1.54, 1.807) is 17.0 Å². The standard InChI is InChI=1S/C27H35FN6O/c1-15(2)21-22-20(33-24(21)18-10-16(3)26-31-14-32-34(26)12-18)11-29-25(23(22)28)17-6-8-19(9-7-17)30-13-27(4,5)35/h10-12,14-15,17,19,30,33,35H,6-9,13H2,1-5H3. The zero-order valence-electron chi connectivity index (χ0n) is 21.2. The minimum Gasteiger partial charge on any atom is -0.389 e. The first kappa shape index (κ1) is 23.9. The normalized spacial score (nSPS) is 19.3. The van der Waals surface area contributed by atoms with Crippen LogP contribution in [0.25, 0.3) is 27.8 Å². The van der Waals surface area contributed by atoms with Crippen LogP contribution in [-0.2, 0) is 0 Å². The molecule has 4 aromatic heterocycles. The molecule has 0 unspecified atom stereocenters. The molecule has 0 spiro atoms. The molecule has 0 amide bonds. The lowest BCUT2D eigenvalue weighted by atomic mass is 9.83. The molecule has 35 heavy (non-hydrogen) atoms. The van der Waals surface area contributed by atoms with E-state index >= 15 is 4.39 Å².